The topological polar surface area (TPSA) is 67.8 Å². The standard InChI is InChI=1S/C14H17ClN2O3/c15-12-6-8-13(9-7-12)20-17-14(19)5-3-1-2-4-10-16-11-18/h6-9H,1-5,10H2,(H,17,19). The third kappa shape index (κ3) is 7.56. The molecule has 0 spiro atoms. The van der Waals surface area contributed by atoms with Crippen LogP contribution >= 0.6 is 11.6 Å². The molecule has 1 aromatic carbocycles. The number of amides is 1. The Labute approximate surface area is 122 Å². The molecular weight excluding hydrogens is 280 g/mol. The quantitative estimate of drug-likeness (QED) is 0.330. The Morgan fingerprint density at radius 3 is 2.60 bits per heavy atom. The van der Waals surface area contributed by atoms with E-state index in [-0.39, 0.29) is 5.91 Å². The van der Waals surface area contributed by atoms with Crippen molar-refractivity contribution in [3.8, 4) is 5.75 Å². The van der Waals surface area contributed by atoms with Crippen molar-refractivity contribution in [3.05, 3.63) is 29.3 Å². The van der Waals surface area contributed by atoms with Crippen LogP contribution in [0.5, 0.6) is 5.75 Å². The number of unbranched alkanes of at least 4 members (excludes halogenated alkanes) is 3. The van der Waals surface area contributed by atoms with Gasteiger partial charge < -0.3 is 4.84 Å². The monoisotopic (exact) mass is 296 g/mol. The van der Waals surface area contributed by atoms with Gasteiger partial charge in [-0.2, -0.15) is 5.48 Å². The molecule has 5 nitrogen and oxygen atoms in total. The number of rotatable bonds is 9. The largest absolute Gasteiger partial charge is 0.380 e. The van der Waals surface area contributed by atoms with Gasteiger partial charge in [0.25, 0.3) is 5.91 Å². The second-order valence-corrected chi connectivity index (χ2v) is 4.65. The predicted octanol–water partition coefficient (Wildman–Crippen LogP) is 3.04. The zero-order valence-corrected chi connectivity index (χ0v) is 11.9. The van der Waals surface area contributed by atoms with E-state index >= 15 is 0 Å². The molecule has 1 amide bonds. The van der Waals surface area contributed by atoms with Gasteiger partial charge in [0.15, 0.2) is 5.75 Å². The van der Waals surface area contributed by atoms with Gasteiger partial charge in [0.2, 0.25) is 6.08 Å². The molecular formula is C14H17ClN2O3. The highest BCUT2D eigenvalue weighted by atomic mass is 35.5. The zero-order valence-electron chi connectivity index (χ0n) is 11.1. The van der Waals surface area contributed by atoms with E-state index in [1.54, 1.807) is 24.3 Å². The van der Waals surface area contributed by atoms with Crippen LogP contribution in [0, 0.1) is 0 Å². The highest BCUT2D eigenvalue weighted by molar-refractivity contribution is 6.30. The lowest BCUT2D eigenvalue weighted by Crippen LogP contribution is -2.26. The van der Waals surface area contributed by atoms with Crippen LogP contribution in [-0.2, 0) is 9.59 Å². The number of carbonyl (C=O) groups is 1. The molecule has 0 fully saturated rings. The number of aliphatic imine (C=N–C) groups is 1. The van der Waals surface area contributed by atoms with Crippen molar-refractivity contribution >= 4 is 23.6 Å². The third-order valence-corrected chi connectivity index (χ3v) is 2.84. The lowest BCUT2D eigenvalue weighted by molar-refractivity contribution is -0.127. The van der Waals surface area contributed by atoms with Crippen LogP contribution in [-0.4, -0.2) is 18.5 Å². The number of carbonyl (C=O) groups excluding carboxylic acids is 2. The molecule has 0 saturated carbocycles. The van der Waals surface area contributed by atoms with Gasteiger partial charge in [0.1, 0.15) is 0 Å². The second kappa shape index (κ2) is 10.0. The predicted molar refractivity (Wildman–Crippen MR) is 76.3 cm³/mol. The number of nitrogens with one attached hydrogen (secondary N) is 1. The summed E-state index contributed by atoms with van der Waals surface area (Å²) >= 11 is 5.73. The Morgan fingerprint density at radius 2 is 1.90 bits per heavy atom. The van der Waals surface area contributed by atoms with Gasteiger partial charge in [-0.1, -0.05) is 24.4 Å². The molecule has 0 aliphatic rings. The number of hydrogen-bond acceptors (Lipinski definition) is 4. The lowest BCUT2D eigenvalue weighted by Gasteiger charge is -2.06. The van der Waals surface area contributed by atoms with Gasteiger partial charge in [-0.15, -0.1) is 0 Å². The van der Waals surface area contributed by atoms with E-state index in [4.69, 9.17) is 16.4 Å². The summed E-state index contributed by atoms with van der Waals surface area (Å²) in [5, 5.41) is 0.614. The molecule has 0 aliphatic carbocycles. The maximum atomic E-state index is 11.5. The van der Waals surface area contributed by atoms with Gasteiger partial charge in [-0.3, -0.25) is 4.79 Å². The molecule has 1 rings (SSSR count). The summed E-state index contributed by atoms with van der Waals surface area (Å²) in [6.07, 6.45) is 5.39. The third-order valence-electron chi connectivity index (χ3n) is 2.58. The fourth-order valence-electron chi connectivity index (χ4n) is 1.55. The summed E-state index contributed by atoms with van der Waals surface area (Å²) in [5.74, 6) is 0.375. The maximum absolute atomic E-state index is 11.5. The SMILES string of the molecule is O=C=NCCCCCCC(=O)NOc1ccc(Cl)cc1. The van der Waals surface area contributed by atoms with Gasteiger partial charge in [0.05, 0.1) is 6.54 Å². The molecule has 1 N–H and O–H groups in total. The molecule has 0 atom stereocenters. The molecule has 0 aromatic heterocycles. The first-order chi connectivity index (χ1) is 9.72. The molecule has 1 aromatic rings. The van der Waals surface area contributed by atoms with Crippen molar-refractivity contribution in [2.24, 2.45) is 4.99 Å². The van der Waals surface area contributed by atoms with E-state index in [0.29, 0.717) is 23.7 Å². The Morgan fingerprint density at radius 1 is 1.20 bits per heavy atom. The fraction of sp³-hybridized carbons (Fsp3) is 0.429. The number of benzene rings is 1. The van der Waals surface area contributed by atoms with Crippen LogP contribution < -0.4 is 10.3 Å². The van der Waals surface area contributed by atoms with Crippen molar-refractivity contribution in [2.45, 2.75) is 32.1 Å². The lowest BCUT2D eigenvalue weighted by atomic mass is 10.1. The van der Waals surface area contributed by atoms with E-state index < -0.39 is 0 Å². The molecule has 6 heteroatoms. The van der Waals surface area contributed by atoms with Gasteiger partial charge >= 0.3 is 0 Å². The van der Waals surface area contributed by atoms with E-state index in [2.05, 4.69) is 10.5 Å². The number of nitrogens with zero attached hydrogens (tertiary/aromatic N) is 1. The summed E-state index contributed by atoms with van der Waals surface area (Å²) in [6.45, 7) is 0.509. The smallest absolute Gasteiger partial charge is 0.252 e. The first-order valence-electron chi connectivity index (χ1n) is 6.47. The first kappa shape index (κ1) is 16.2. The van der Waals surface area contributed by atoms with Gasteiger partial charge in [0, 0.05) is 11.4 Å². The van der Waals surface area contributed by atoms with Crippen LogP contribution in [0.4, 0.5) is 0 Å². The zero-order chi connectivity index (χ0) is 14.6. The highest BCUT2D eigenvalue weighted by Gasteiger charge is 2.02. The highest BCUT2D eigenvalue weighted by Crippen LogP contribution is 2.14. The normalized spacial score (nSPS) is 9.65. The van der Waals surface area contributed by atoms with Crippen LogP contribution in [0.25, 0.3) is 0 Å². The fourth-order valence-corrected chi connectivity index (χ4v) is 1.67. The van der Waals surface area contributed by atoms with Gasteiger partial charge in [-0.05, 0) is 37.1 Å². The molecule has 0 heterocycles. The summed E-state index contributed by atoms with van der Waals surface area (Å²) in [4.78, 5) is 29.9. The van der Waals surface area contributed by atoms with Crippen molar-refractivity contribution in [1.29, 1.82) is 0 Å². The average Bonchev–Trinajstić information content (AvgIpc) is 2.46. The molecule has 0 aliphatic heterocycles. The van der Waals surface area contributed by atoms with Crippen molar-refractivity contribution in [3.63, 3.8) is 0 Å². The molecule has 0 bridgehead atoms. The van der Waals surface area contributed by atoms with Crippen LogP contribution in [0.2, 0.25) is 5.02 Å². The summed E-state index contributed by atoms with van der Waals surface area (Å²) < 4.78 is 0. The van der Waals surface area contributed by atoms with E-state index in [0.717, 1.165) is 25.7 Å². The van der Waals surface area contributed by atoms with E-state index in [1.165, 1.54) is 6.08 Å². The second-order valence-electron chi connectivity index (χ2n) is 4.22. The van der Waals surface area contributed by atoms with E-state index in [9.17, 15) is 9.59 Å². The molecule has 0 radical (unpaired) electrons. The maximum Gasteiger partial charge on any atom is 0.252 e. The van der Waals surface area contributed by atoms with Crippen molar-refractivity contribution in [2.75, 3.05) is 6.54 Å². The van der Waals surface area contributed by atoms with Crippen molar-refractivity contribution < 1.29 is 14.4 Å². The Balaban J connectivity index is 2.05. The first-order valence-corrected chi connectivity index (χ1v) is 6.85. The van der Waals surface area contributed by atoms with Crippen molar-refractivity contribution in [1.82, 2.24) is 5.48 Å². The molecule has 0 unspecified atom stereocenters. The minimum Gasteiger partial charge on any atom is -0.380 e. The van der Waals surface area contributed by atoms with Gasteiger partial charge in [-0.25, -0.2) is 9.79 Å². The number of isocyanates is 1. The Kier molecular flexibility index (Phi) is 8.11. The Bertz CT molecular complexity index is 456. The molecule has 0 saturated heterocycles. The molecule has 108 valence electrons. The number of hydroxylamine groups is 1. The van der Waals surface area contributed by atoms with Crippen LogP contribution in [0.15, 0.2) is 29.3 Å². The Hall–Kier alpha value is -1.84. The van der Waals surface area contributed by atoms with Crippen LogP contribution in [0.1, 0.15) is 32.1 Å². The number of hydrogen-bond donors (Lipinski definition) is 1. The number of halogens is 1. The minimum absolute atomic E-state index is 0.161. The van der Waals surface area contributed by atoms with Crippen LogP contribution in [0.3, 0.4) is 0 Å². The summed E-state index contributed by atoms with van der Waals surface area (Å²) in [5.41, 5.74) is 2.38. The molecule has 20 heavy (non-hydrogen) atoms. The average molecular weight is 297 g/mol. The minimum atomic E-state index is -0.161. The summed E-state index contributed by atoms with van der Waals surface area (Å²) in [7, 11) is 0. The summed E-state index contributed by atoms with van der Waals surface area (Å²) in [6, 6.07) is 6.72. The van der Waals surface area contributed by atoms with E-state index in [1.807, 2.05) is 0 Å².